The van der Waals surface area contributed by atoms with E-state index in [0.29, 0.717) is 28.7 Å². The molecule has 1 saturated heterocycles. The van der Waals surface area contributed by atoms with Crippen LogP contribution >= 0.6 is 23.1 Å². The number of ether oxygens (including phenoxy) is 2. The minimum Gasteiger partial charge on any atom is -0.496 e. The van der Waals surface area contributed by atoms with Crippen LogP contribution in [0, 0.1) is 5.82 Å². The normalized spacial score (nSPS) is 14.7. The number of rotatable bonds is 6. The summed E-state index contributed by atoms with van der Waals surface area (Å²) in [7, 11) is 3.07. The number of aromatic nitrogens is 1. The summed E-state index contributed by atoms with van der Waals surface area (Å²) in [5.41, 5.74) is 1.90. The topological polar surface area (TPSA) is 63.7 Å². The summed E-state index contributed by atoms with van der Waals surface area (Å²) in [6, 6.07) is 11.4. The Bertz CT molecular complexity index is 1090. The van der Waals surface area contributed by atoms with Crippen molar-refractivity contribution in [1.82, 2.24) is 9.88 Å². The highest BCUT2D eigenvalue weighted by Gasteiger charge is 2.30. The largest absolute Gasteiger partial charge is 0.496 e. The minimum atomic E-state index is -0.287. The molecule has 1 amide bonds. The fraction of sp³-hybridized carbons (Fsp3) is 0.182. The van der Waals surface area contributed by atoms with Gasteiger partial charge in [-0.2, -0.15) is 0 Å². The lowest BCUT2D eigenvalue weighted by Crippen LogP contribution is -2.27. The first kappa shape index (κ1) is 21.2. The van der Waals surface area contributed by atoms with E-state index in [2.05, 4.69) is 10.3 Å². The van der Waals surface area contributed by atoms with Gasteiger partial charge in [-0.3, -0.25) is 4.79 Å². The van der Waals surface area contributed by atoms with E-state index in [9.17, 15) is 9.18 Å². The van der Waals surface area contributed by atoms with Crippen molar-refractivity contribution in [2.24, 2.45) is 0 Å². The van der Waals surface area contributed by atoms with E-state index in [0.717, 1.165) is 22.2 Å². The second-order valence-corrected chi connectivity index (χ2v) is 8.51. The van der Waals surface area contributed by atoms with Gasteiger partial charge in [0.2, 0.25) is 0 Å². The predicted molar refractivity (Wildman–Crippen MR) is 123 cm³/mol. The Morgan fingerprint density at radius 3 is 2.55 bits per heavy atom. The van der Waals surface area contributed by atoms with E-state index >= 15 is 0 Å². The molecular weight excluding hydrogens is 437 g/mol. The predicted octanol–water partition coefficient (Wildman–Crippen LogP) is 5.23. The average molecular weight is 458 g/mol. The molecule has 0 atom stereocenters. The Morgan fingerprint density at radius 1 is 1.16 bits per heavy atom. The van der Waals surface area contributed by atoms with E-state index in [4.69, 9.17) is 9.47 Å². The zero-order valence-electron chi connectivity index (χ0n) is 16.9. The number of carbonyl (C=O) groups is 1. The van der Waals surface area contributed by atoms with Gasteiger partial charge < -0.3 is 19.7 Å². The monoisotopic (exact) mass is 457 g/mol. The van der Waals surface area contributed by atoms with Gasteiger partial charge in [0.15, 0.2) is 5.13 Å². The molecule has 9 heteroatoms. The van der Waals surface area contributed by atoms with Crippen molar-refractivity contribution in [2.45, 2.75) is 0 Å². The lowest BCUT2D eigenvalue weighted by Gasteiger charge is -2.20. The average Bonchev–Trinajstić information content (AvgIpc) is 3.44. The molecule has 160 valence electrons. The number of halogens is 1. The number of nitrogens with one attached hydrogen (secondary N) is 1. The molecule has 1 aliphatic heterocycles. The van der Waals surface area contributed by atoms with Gasteiger partial charge in [0.25, 0.3) is 5.91 Å². The molecule has 3 aromatic rings. The highest BCUT2D eigenvalue weighted by Crippen LogP contribution is 2.36. The molecule has 2 heterocycles. The van der Waals surface area contributed by atoms with Crippen molar-refractivity contribution in [2.75, 3.05) is 31.8 Å². The molecule has 1 aliphatic rings. The van der Waals surface area contributed by atoms with Crippen molar-refractivity contribution in [3.05, 3.63) is 69.9 Å². The third-order valence-electron chi connectivity index (χ3n) is 4.61. The quantitative estimate of drug-likeness (QED) is 0.547. The molecule has 0 radical (unpaired) electrons. The summed E-state index contributed by atoms with van der Waals surface area (Å²) < 4.78 is 23.9. The Labute approximate surface area is 187 Å². The molecule has 0 bridgehead atoms. The summed E-state index contributed by atoms with van der Waals surface area (Å²) in [5, 5.41) is 6.57. The summed E-state index contributed by atoms with van der Waals surface area (Å²) in [6.45, 7) is 0.585. The Morgan fingerprint density at radius 2 is 1.87 bits per heavy atom. The SMILES string of the molecule is COc1cccc(OC)c1C(=O)N1CCS/C1=C/c1csc(Nc2ccc(F)cc2)n1. The van der Waals surface area contributed by atoms with Crippen molar-refractivity contribution < 1.29 is 18.7 Å². The minimum absolute atomic E-state index is 0.176. The Kier molecular flexibility index (Phi) is 6.43. The molecule has 6 nitrogen and oxygen atoms in total. The second kappa shape index (κ2) is 9.40. The van der Waals surface area contributed by atoms with Gasteiger partial charge in [0, 0.05) is 23.4 Å². The van der Waals surface area contributed by atoms with Crippen molar-refractivity contribution in [3.63, 3.8) is 0 Å². The van der Waals surface area contributed by atoms with Crippen LogP contribution in [0.3, 0.4) is 0 Å². The molecule has 2 aromatic carbocycles. The number of hydrogen-bond acceptors (Lipinski definition) is 7. The van der Waals surface area contributed by atoms with Crippen LogP contribution in [0.1, 0.15) is 16.1 Å². The van der Waals surface area contributed by atoms with Gasteiger partial charge in [-0.1, -0.05) is 6.07 Å². The van der Waals surface area contributed by atoms with Gasteiger partial charge >= 0.3 is 0 Å². The molecule has 1 fully saturated rings. The van der Waals surface area contributed by atoms with E-state index in [-0.39, 0.29) is 11.7 Å². The number of thiazole rings is 1. The number of methoxy groups -OCH3 is 2. The zero-order chi connectivity index (χ0) is 21.8. The number of hydrogen-bond donors (Lipinski definition) is 1. The fourth-order valence-electron chi connectivity index (χ4n) is 3.14. The van der Waals surface area contributed by atoms with E-state index < -0.39 is 0 Å². The zero-order valence-corrected chi connectivity index (χ0v) is 18.6. The maximum absolute atomic E-state index is 13.3. The number of nitrogens with zero attached hydrogens (tertiary/aromatic N) is 2. The molecule has 0 aliphatic carbocycles. The summed E-state index contributed by atoms with van der Waals surface area (Å²) in [5.74, 6) is 1.27. The van der Waals surface area contributed by atoms with Crippen molar-refractivity contribution in [3.8, 4) is 11.5 Å². The van der Waals surface area contributed by atoms with Crippen LogP contribution in [-0.2, 0) is 0 Å². The number of amides is 1. The van der Waals surface area contributed by atoms with Gasteiger partial charge in [-0.25, -0.2) is 9.37 Å². The first-order chi connectivity index (χ1) is 15.1. The molecule has 1 N–H and O–H groups in total. The van der Waals surface area contributed by atoms with E-state index in [1.807, 2.05) is 11.5 Å². The van der Waals surface area contributed by atoms with Crippen LogP contribution in [0.15, 0.2) is 52.9 Å². The van der Waals surface area contributed by atoms with E-state index in [1.54, 1.807) is 47.0 Å². The first-order valence-corrected chi connectivity index (χ1v) is 11.3. The van der Waals surface area contributed by atoms with Crippen molar-refractivity contribution >= 4 is 45.9 Å². The number of carbonyl (C=O) groups excluding carboxylic acids is 1. The first-order valence-electron chi connectivity index (χ1n) is 9.44. The van der Waals surface area contributed by atoms with Gasteiger partial charge in [0.05, 0.1) is 24.9 Å². The molecule has 0 unspecified atom stereocenters. The lowest BCUT2D eigenvalue weighted by molar-refractivity contribution is 0.0824. The fourth-order valence-corrected chi connectivity index (χ4v) is 4.85. The van der Waals surface area contributed by atoms with Crippen LogP contribution in [0.5, 0.6) is 11.5 Å². The van der Waals surface area contributed by atoms with Crippen LogP contribution in [0.25, 0.3) is 6.08 Å². The lowest BCUT2D eigenvalue weighted by atomic mass is 10.1. The Balaban J connectivity index is 1.56. The van der Waals surface area contributed by atoms with Crippen LogP contribution in [0.2, 0.25) is 0 Å². The maximum atomic E-state index is 13.3. The summed E-state index contributed by atoms with van der Waals surface area (Å²) in [4.78, 5) is 19.6. The van der Waals surface area contributed by atoms with E-state index in [1.165, 1.54) is 37.7 Å². The Hall–Kier alpha value is -3.04. The van der Waals surface area contributed by atoms with Crippen LogP contribution < -0.4 is 14.8 Å². The molecule has 1 aromatic heterocycles. The highest BCUT2D eigenvalue weighted by atomic mass is 32.2. The number of thioether (sulfide) groups is 1. The van der Waals surface area contributed by atoms with Crippen molar-refractivity contribution in [1.29, 1.82) is 0 Å². The summed E-state index contributed by atoms with van der Waals surface area (Å²) >= 11 is 3.03. The number of anilines is 2. The van der Waals surface area contributed by atoms with Gasteiger partial charge in [-0.15, -0.1) is 23.1 Å². The van der Waals surface area contributed by atoms with Gasteiger partial charge in [0.1, 0.15) is 22.9 Å². The molecule has 4 rings (SSSR count). The van der Waals surface area contributed by atoms with Crippen LogP contribution in [-0.4, -0.2) is 42.3 Å². The second-order valence-electron chi connectivity index (χ2n) is 6.53. The standard InChI is InChI=1S/C22H20FN3O3S2/c1-28-17-4-3-5-18(29-2)20(17)21(27)26-10-11-30-19(26)12-16-13-31-22(25-16)24-15-8-6-14(23)7-9-15/h3-9,12-13H,10-11H2,1-2H3,(H,24,25)/b19-12+. The highest BCUT2D eigenvalue weighted by molar-refractivity contribution is 8.03. The van der Waals surface area contributed by atoms with Crippen LogP contribution in [0.4, 0.5) is 15.2 Å². The molecule has 0 spiro atoms. The third-order valence-corrected chi connectivity index (χ3v) is 6.40. The molecular formula is C22H20FN3O3S2. The number of benzene rings is 2. The summed E-state index contributed by atoms with van der Waals surface area (Å²) in [6.07, 6.45) is 1.89. The van der Waals surface area contributed by atoms with Gasteiger partial charge in [-0.05, 0) is 42.5 Å². The molecule has 0 saturated carbocycles. The molecule has 31 heavy (non-hydrogen) atoms. The third kappa shape index (κ3) is 4.67. The maximum Gasteiger partial charge on any atom is 0.266 e. The smallest absolute Gasteiger partial charge is 0.266 e.